The van der Waals surface area contributed by atoms with Crippen molar-refractivity contribution in [2.45, 2.75) is 26.4 Å². The molecular weight excluding hydrogens is 332 g/mol. The van der Waals surface area contributed by atoms with Gasteiger partial charge >= 0.3 is 5.97 Å². The molecule has 3 rings (SSSR count). The first kappa shape index (κ1) is 17.9. The Labute approximate surface area is 152 Å². The lowest BCUT2D eigenvalue weighted by Gasteiger charge is -2.37. The number of likely N-dealkylation sites (tertiary alicyclic amines) is 1. The van der Waals surface area contributed by atoms with E-state index in [0.717, 1.165) is 5.56 Å². The van der Waals surface area contributed by atoms with Gasteiger partial charge in [0.1, 0.15) is 6.61 Å². The van der Waals surface area contributed by atoms with Gasteiger partial charge < -0.3 is 14.7 Å². The fourth-order valence-corrected chi connectivity index (χ4v) is 3.09. The number of carbonyl (C=O) groups excluding carboxylic acids is 1. The van der Waals surface area contributed by atoms with Gasteiger partial charge in [-0.1, -0.05) is 30.3 Å². The lowest BCUT2D eigenvalue weighted by atomic mass is 9.82. The molecular formula is C20H22N2O4. The summed E-state index contributed by atoms with van der Waals surface area (Å²) in [4.78, 5) is 29.9. The molecule has 136 valence electrons. The molecule has 6 nitrogen and oxygen atoms in total. The molecule has 0 aliphatic carbocycles. The van der Waals surface area contributed by atoms with Gasteiger partial charge in [0.05, 0.1) is 11.0 Å². The van der Waals surface area contributed by atoms with Crippen LogP contribution in [0.15, 0.2) is 48.7 Å². The third-order valence-corrected chi connectivity index (χ3v) is 4.71. The summed E-state index contributed by atoms with van der Waals surface area (Å²) in [6.45, 7) is 2.87. The number of benzene rings is 1. The van der Waals surface area contributed by atoms with Crippen LogP contribution in [0, 0.1) is 5.41 Å². The minimum absolute atomic E-state index is 0.195. The van der Waals surface area contributed by atoms with Gasteiger partial charge in [0.15, 0.2) is 0 Å². The molecule has 1 aromatic carbocycles. The molecule has 1 amide bonds. The summed E-state index contributed by atoms with van der Waals surface area (Å²) in [5.41, 5.74) is 0.586. The van der Waals surface area contributed by atoms with Crippen LogP contribution in [-0.4, -0.2) is 40.0 Å². The zero-order valence-electron chi connectivity index (χ0n) is 14.7. The van der Waals surface area contributed by atoms with Crippen molar-refractivity contribution in [2.24, 2.45) is 5.41 Å². The Morgan fingerprint density at radius 3 is 2.65 bits per heavy atom. The van der Waals surface area contributed by atoms with Gasteiger partial charge in [-0.15, -0.1) is 0 Å². The molecule has 26 heavy (non-hydrogen) atoms. The van der Waals surface area contributed by atoms with Crippen molar-refractivity contribution in [1.82, 2.24) is 9.88 Å². The predicted molar refractivity (Wildman–Crippen MR) is 95.9 cm³/mol. The van der Waals surface area contributed by atoms with Gasteiger partial charge in [0, 0.05) is 25.4 Å². The molecule has 1 saturated heterocycles. The molecule has 1 N–H and O–H groups in total. The fraction of sp³-hybridized carbons (Fsp3) is 0.350. The second kappa shape index (κ2) is 7.56. The summed E-state index contributed by atoms with van der Waals surface area (Å²) in [5, 5.41) is 9.39. The van der Waals surface area contributed by atoms with E-state index in [0.29, 0.717) is 37.4 Å². The topological polar surface area (TPSA) is 79.7 Å². The average molecular weight is 354 g/mol. The molecule has 1 aliphatic heterocycles. The Morgan fingerprint density at radius 2 is 2.00 bits per heavy atom. The van der Waals surface area contributed by atoms with Gasteiger partial charge in [-0.2, -0.15) is 0 Å². The van der Waals surface area contributed by atoms with Crippen molar-refractivity contribution in [3.8, 4) is 5.88 Å². The van der Waals surface area contributed by atoms with E-state index >= 15 is 0 Å². The standard InChI is InChI=1S/C20H22N2O4/c1-20(19(24)25)10-5-11-22(14-20)18(23)16-8-9-17(21-12-16)26-13-15-6-3-2-4-7-15/h2-4,6-9,12H,5,10-11,13-14H2,1H3,(H,24,25). The van der Waals surface area contributed by atoms with E-state index in [2.05, 4.69) is 4.98 Å². The number of rotatable bonds is 5. The lowest BCUT2D eigenvalue weighted by Crippen LogP contribution is -2.48. The number of piperidine rings is 1. The highest BCUT2D eigenvalue weighted by atomic mass is 16.5. The third kappa shape index (κ3) is 4.02. The molecule has 0 saturated carbocycles. The number of ether oxygens (including phenoxy) is 1. The average Bonchev–Trinajstić information content (AvgIpc) is 2.67. The third-order valence-electron chi connectivity index (χ3n) is 4.71. The summed E-state index contributed by atoms with van der Waals surface area (Å²) < 4.78 is 5.62. The lowest BCUT2D eigenvalue weighted by molar-refractivity contribution is -0.150. The predicted octanol–water partition coefficient (Wildman–Crippen LogP) is 2.99. The first-order valence-electron chi connectivity index (χ1n) is 8.63. The summed E-state index contributed by atoms with van der Waals surface area (Å²) in [5.74, 6) is -0.614. The van der Waals surface area contributed by atoms with Crippen LogP contribution in [0.3, 0.4) is 0 Å². The normalized spacial score (nSPS) is 19.8. The molecule has 2 heterocycles. The number of carboxylic acids is 1. The summed E-state index contributed by atoms with van der Waals surface area (Å²) in [6, 6.07) is 13.1. The molecule has 2 aromatic rings. The number of hydrogen-bond acceptors (Lipinski definition) is 4. The maximum atomic E-state index is 12.7. The molecule has 1 unspecified atom stereocenters. The molecule has 0 spiro atoms. The second-order valence-corrected chi connectivity index (χ2v) is 6.86. The number of pyridine rings is 1. The van der Waals surface area contributed by atoms with Crippen molar-refractivity contribution >= 4 is 11.9 Å². The zero-order chi connectivity index (χ0) is 18.6. The molecule has 1 aliphatic rings. The van der Waals surface area contributed by atoms with E-state index < -0.39 is 11.4 Å². The first-order valence-corrected chi connectivity index (χ1v) is 8.63. The molecule has 0 radical (unpaired) electrons. The maximum Gasteiger partial charge on any atom is 0.311 e. The summed E-state index contributed by atoms with van der Waals surface area (Å²) in [6.07, 6.45) is 2.74. The van der Waals surface area contributed by atoms with Crippen LogP contribution < -0.4 is 4.74 Å². The monoisotopic (exact) mass is 354 g/mol. The van der Waals surface area contributed by atoms with E-state index in [4.69, 9.17) is 4.74 Å². The largest absolute Gasteiger partial charge is 0.481 e. The van der Waals surface area contributed by atoms with Crippen LogP contribution in [0.5, 0.6) is 5.88 Å². The van der Waals surface area contributed by atoms with Gasteiger partial charge in [0.25, 0.3) is 5.91 Å². The number of amides is 1. The number of carbonyl (C=O) groups is 2. The summed E-state index contributed by atoms with van der Waals surface area (Å²) >= 11 is 0. The van der Waals surface area contributed by atoms with Crippen LogP contribution >= 0.6 is 0 Å². The molecule has 1 atom stereocenters. The highest BCUT2D eigenvalue weighted by Gasteiger charge is 2.39. The zero-order valence-corrected chi connectivity index (χ0v) is 14.7. The Kier molecular flexibility index (Phi) is 5.21. The molecule has 1 aromatic heterocycles. The van der Waals surface area contributed by atoms with E-state index in [9.17, 15) is 14.7 Å². The quantitative estimate of drug-likeness (QED) is 0.893. The van der Waals surface area contributed by atoms with E-state index in [1.807, 2.05) is 30.3 Å². The van der Waals surface area contributed by atoms with Crippen LogP contribution in [0.4, 0.5) is 0 Å². The van der Waals surface area contributed by atoms with Crippen LogP contribution in [0.2, 0.25) is 0 Å². The number of aliphatic carboxylic acids is 1. The van der Waals surface area contributed by atoms with Crippen molar-refractivity contribution in [3.05, 3.63) is 59.8 Å². The van der Waals surface area contributed by atoms with Crippen LogP contribution in [0.25, 0.3) is 0 Å². The maximum absolute atomic E-state index is 12.7. The number of carboxylic acid groups (broad SMARTS) is 1. The van der Waals surface area contributed by atoms with E-state index in [1.165, 1.54) is 6.20 Å². The van der Waals surface area contributed by atoms with E-state index in [-0.39, 0.29) is 12.5 Å². The number of nitrogens with zero attached hydrogens (tertiary/aromatic N) is 2. The number of hydrogen-bond donors (Lipinski definition) is 1. The molecule has 6 heteroatoms. The van der Waals surface area contributed by atoms with Crippen molar-refractivity contribution in [1.29, 1.82) is 0 Å². The van der Waals surface area contributed by atoms with Gasteiger partial charge in [0.2, 0.25) is 5.88 Å². The Balaban J connectivity index is 1.62. The van der Waals surface area contributed by atoms with Gasteiger partial charge in [-0.3, -0.25) is 9.59 Å². The smallest absolute Gasteiger partial charge is 0.311 e. The fourth-order valence-electron chi connectivity index (χ4n) is 3.09. The SMILES string of the molecule is CC1(C(=O)O)CCCN(C(=O)c2ccc(OCc3ccccc3)nc2)C1. The van der Waals surface area contributed by atoms with Crippen LogP contribution in [-0.2, 0) is 11.4 Å². The Hall–Kier alpha value is -2.89. The van der Waals surface area contributed by atoms with Gasteiger partial charge in [-0.05, 0) is 31.4 Å². The highest BCUT2D eigenvalue weighted by Crippen LogP contribution is 2.30. The van der Waals surface area contributed by atoms with Crippen LogP contribution in [0.1, 0.15) is 35.7 Å². The van der Waals surface area contributed by atoms with E-state index in [1.54, 1.807) is 24.0 Å². The summed E-state index contributed by atoms with van der Waals surface area (Å²) in [7, 11) is 0. The number of aromatic nitrogens is 1. The van der Waals surface area contributed by atoms with Crippen molar-refractivity contribution in [3.63, 3.8) is 0 Å². The van der Waals surface area contributed by atoms with Gasteiger partial charge in [-0.25, -0.2) is 4.98 Å². The minimum atomic E-state index is -0.889. The minimum Gasteiger partial charge on any atom is -0.481 e. The second-order valence-electron chi connectivity index (χ2n) is 6.86. The van der Waals surface area contributed by atoms with Crippen molar-refractivity contribution < 1.29 is 19.4 Å². The first-order chi connectivity index (χ1) is 12.5. The highest BCUT2D eigenvalue weighted by molar-refractivity contribution is 5.94. The Bertz CT molecular complexity index is 776. The molecule has 0 bridgehead atoms. The Morgan fingerprint density at radius 1 is 1.23 bits per heavy atom. The van der Waals surface area contributed by atoms with Crippen molar-refractivity contribution in [2.75, 3.05) is 13.1 Å². The molecule has 1 fully saturated rings.